The summed E-state index contributed by atoms with van der Waals surface area (Å²) in [6.07, 6.45) is 6.47. The number of rotatable bonds is 6. The largest absolute Gasteiger partial charge is 0.326 e. The first-order valence-electron chi connectivity index (χ1n) is 6.29. The van der Waals surface area contributed by atoms with Crippen molar-refractivity contribution in [2.45, 2.75) is 39.5 Å². The van der Waals surface area contributed by atoms with Crippen molar-refractivity contribution in [3.63, 3.8) is 0 Å². The third kappa shape index (κ3) is 4.85. The van der Waals surface area contributed by atoms with Crippen molar-refractivity contribution < 1.29 is 4.79 Å². The highest BCUT2D eigenvalue weighted by atomic mass is 16.1. The number of benzene rings is 1. The Bertz CT molecular complexity index is 368. The Morgan fingerprint density at radius 2 is 1.94 bits per heavy atom. The first-order chi connectivity index (χ1) is 8.27. The lowest BCUT2D eigenvalue weighted by atomic mass is 10.1. The SMILES string of the molecule is CC=C(CCCCC)NC(=O)c1ccccc1. The second-order valence-corrected chi connectivity index (χ2v) is 4.09. The molecule has 0 aliphatic rings. The zero-order chi connectivity index (χ0) is 12.5. The lowest BCUT2D eigenvalue weighted by Gasteiger charge is -2.09. The first-order valence-corrected chi connectivity index (χ1v) is 6.29. The van der Waals surface area contributed by atoms with Gasteiger partial charge in [-0.1, -0.05) is 44.0 Å². The van der Waals surface area contributed by atoms with Crippen LogP contribution in [0, 0.1) is 0 Å². The summed E-state index contributed by atoms with van der Waals surface area (Å²) in [5.41, 5.74) is 1.73. The van der Waals surface area contributed by atoms with Crippen LogP contribution in [-0.2, 0) is 0 Å². The summed E-state index contributed by atoms with van der Waals surface area (Å²) in [6, 6.07) is 9.32. The molecule has 0 aromatic heterocycles. The van der Waals surface area contributed by atoms with Gasteiger partial charge in [0.1, 0.15) is 0 Å². The van der Waals surface area contributed by atoms with E-state index in [-0.39, 0.29) is 5.91 Å². The van der Waals surface area contributed by atoms with Gasteiger partial charge in [-0.3, -0.25) is 4.79 Å². The van der Waals surface area contributed by atoms with Gasteiger partial charge in [0.25, 0.3) is 5.91 Å². The Labute approximate surface area is 104 Å². The van der Waals surface area contributed by atoms with Crippen molar-refractivity contribution in [2.75, 3.05) is 0 Å². The minimum absolute atomic E-state index is 0.0183. The zero-order valence-corrected chi connectivity index (χ0v) is 10.7. The summed E-state index contributed by atoms with van der Waals surface area (Å²) < 4.78 is 0. The average Bonchev–Trinajstić information content (AvgIpc) is 2.38. The molecule has 2 nitrogen and oxygen atoms in total. The van der Waals surface area contributed by atoms with E-state index in [2.05, 4.69) is 12.2 Å². The molecule has 1 aromatic rings. The molecule has 0 fully saturated rings. The Morgan fingerprint density at radius 3 is 2.53 bits per heavy atom. The number of allylic oxidation sites excluding steroid dienone is 2. The van der Waals surface area contributed by atoms with E-state index in [1.807, 2.05) is 43.3 Å². The Hall–Kier alpha value is -1.57. The van der Waals surface area contributed by atoms with Crippen LogP contribution in [0.2, 0.25) is 0 Å². The molecule has 0 heterocycles. The van der Waals surface area contributed by atoms with Gasteiger partial charge in [-0.15, -0.1) is 0 Å². The van der Waals surface area contributed by atoms with Gasteiger partial charge in [0.05, 0.1) is 0 Å². The number of carbonyl (C=O) groups excluding carboxylic acids is 1. The molecular weight excluding hydrogens is 210 g/mol. The van der Waals surface area contributed by atoms with Gasteiger partial charge in [-0.2, -0.15) is 0 Å². The van der Waals surface area contributed by atoms with Crippen LogP contribution in [0.5, 0.6) is 0 Å². The van der Waals surface area contributed by atoms with Crippen LogP contribution in [0.1, 0.15) is 49.9 Å². The van der Waals surface area contributed by atoms with Crippen LogP contribution in [0.15, 0.2) is 42.1 Å². The lowest BCUT2D eigenvalue weighted by molar-refractivity contribution is 0.0964. The Balaban J connectivity index is 2.49. The molecule has 0 bridgehead atoms. The highest BCUT2D eigenvalue weighted by Crippen LogP contribution is 2.08. The number of unbranched alkanes of at least 4 members (excludes halogenated alkanes) is 2. The second kappa shape index (κ2) is 7.66. The summed E-state index contributed by atoms with van der Waals surface area (Å²) >= 11 is 0. The molecule has 0 aliphatic heterocycles. The molecule has 0 unspecified atom stereocenters. The number of carbonyl (C=O) groups is 1. The minimum atomic E-state index is -0.0183. The fourth-order valence-corrected chi connectivity index (χ4v) is 1.65. The smallest absolute Gasteiger partial charge is 0.255 e. The highest BCUT2D eigenvalue weighted by Gasteiger charge is 2.05. The molecule has 0 atom stereocenters. The van der Waals surface area contributed by atoms with E-state index in [4.69, 9.17) is 0 Å². The van der Waals surface area contributed by atoms with E-state index in [9.17, 15) is 4.79 Å². The van der Waals surface area contributed by atoms with E-state index in [1.165, 1.54) is 12.8 Å². The zero-order valence-electron chi connectivity index (χ0n) is 10.7. The molecule has 1 rings (SSSR count). The van der Waals surface area contributed by atoms with Gasteiger partial charge in [0, 0.05) is 11.3 Å². The average molecular weight is 231 g/mol. The van der Waals surface area contributed by atoms with Crippen LogP contribution < -0.4 is 5.32 Å². The number of amides is 1. The van der Waals surface area contributed by atoms with Gasteiger partial charge in [0.2, 0.25) is 0 Å². The molecule has 1 N–H and O–H groups in total. The van der Waals surface area contributed by atoms with Crippen molar-refractivity contribution in [1.29, 1.82) is 0 Å². The lowest BCUT2D eigenvalue weighted by Crippen LogP contribution is -2.22. The van der Waals surface area contributed by atoms with Crippen LogP contribution in [0.25, 0.3) is 0 Å². The highest BCUT2D eigenvalue weighted by molar-refractivity contribution is 5.95. The quantitative estimate of drug-likeness (QED) is 0.739. The van der Waals surface area contributed by atoms with Crippen molar-refractivity contribution in [3.05, 3.63) is 47.7 Å². The molecule has 2 heteroatoms. The van der Waals surface area contributed by atoms with Crippen molar-refractivity contribution in [2.24, 2.45) is 0 Å². The van der Waals surface area contributed by atoms with Crippen LogP contribution in [0.3, 0.4) is 0 Å². The van der Waals surface area contributed by atoms with Crippen molar-refractivity contribution in [3.8, 4) is 0 Å². The van der Waals surface area contributed by atoms with Gasteiger partial charge in [-0.25, -0.2) is 0 Å². The summed E-state index contributed by atoms with van der Waals surface area (Å²) in [5.74, 6) is -0.0183. The van der Waals surface area contributed by atoms with E-state index >= 15 is 0 Å². The number of nitrogens with one attached hydrogen (secondary N) is 1. The Kier molecular flexibility index (Phi) is 6.08. The van der Waals surface area contributed by atoms with Crippen LogP contribution >= 0.6 is 0 Å². The third-order valence-corrected chi connectivity index (χ3v) is 2.71. The molecule has 1 aromatic carbocycles. The molecule has 0 saturated carbocycles. The van der Waals surface area contributed by atoms with Crippen LogP contribution in [0.4, 0.5) is 0 Å². The molecule has 1 amide bonds. The predicted octanol–water partition coefficient (Wildman–Crippen LogP) is 3.90. The summed E-state index contributed by atoms with van der Waals surface area (Å²) in [7, 11) is 0. The van der Waals surface area contributed by atoms with E-state index in [0.717, 1.165) is 18.5 Å². The van der Waals surface area contributed by atoms with Gasteiger partial charge in [-0.05, 0) is 31.9 Å². The summed E-state index contributed by atoms with van der Waals surface area (Å²) in [4.78, 5) is 11.9. The molecule has 0 spiro atoms. The molecule has 92 valence electrons. The van der Waals surface area contributed by atoms with E-state index in [1.54, 1.807) is 0 Å². The molecule has 0 aliphatic carbocycles. The molecule has 0 saturated heterocycles. The fraction of sp³-hybridized carbons (Fsp3) is 0.400. The van der Waals surface area contributed by atoms with Crippen molar-refractivity contribution >= 4 is 5.91 Å². The summed E-state index contributed by atoms with van der Waals surface area (Å²) in [5, 5.41) is 2.96. The maximum Gasteiger partial charge on any atom is 0.255 e. The van der Waals surface area contributed by atoms with Gasteiger partial charge in [0.15, 0.2) is 0 Å². The van der Waals surface area contributed by atoms with Gasteiger partial charge >= 0.3 is 0 Å². The maximum atomic E-state index is 11.9. The third-order valence-electron chi connectivity index (χ3n) is 2.71. The minimum Gasteiger partial charge on any atom is -0.326 e. The monoisotopic (exact) mass is 231 g/mol. The van der Waals surface area contributed by atoms with Gasteiger partial charge < -0.3 is 5.32 Å². The summed E-state index contributed by atoms with van der Waals surface area (Å²) in [6.45, 7) is 4.14. The molecule has 0 radical (unpaired) electrons. The fourth-order valence-electron chi connectivity index (χ4n) is 1.65. The van der Waals surface area contributed by atoms with Crippen molar-refractivity contribution in [1.82, 2.24) is 5.32 Å². The van der Waals surface area contributed by atoms with Crippen LogP contribution in [-0.4, -0.2) is 5.91 Å². The maximum absolute atomic E-state index is 11.9. The first kappa shape index (κ1) is 13.5. The number of hydrogen-bond donors (Lipinski definition) is 1. The number of hydrogen-bond acceptors (Lipinski definition) is 1. The Morgan fingerprint density at radius 1 is 1.24 bits per heavy atom. The predicted molar refractivity (Wildman–Crippen MR) is 71.8 cm³/mol. The standard InChI is InChI=1S/C15H21NO/c1-3-5-7-12-14(4-2)16-15(17)13-10-8-6-9-11-13/h4,6,8-11H,3,5,7,12H2,1-2H3,(H,16,17). The molecule has 17 heavy (non-hydrogen) atoms. The van der Waals surface area contributed by atoms with E-state index in [0.29, 0.717) is 5.56 Å². The second-order valence-electron chi connectivity index (χ2n) is 4.09. The normalized spacial score (nSPS) is 11.3. The molecular formula is C15H21NO. The topological polar surface area (TPSA) is 29.1 Å². The van der Waals surface area contributed by atoms with E-state index < -0.39 is 0 Å².